The number of likely N-dealkylation sites (N-methyl/N-ethyl adjacent to an activating group) is 1. The number of benzene rings is 2. The van der Waals surface area contributed by atoms with Gasteiger partial charge < -0.3 is 19.7 Å². The second-order valence-corrected chi connectivity index (χ2v) is 5.77. The highest BCUT2D eigenvalue weighted by atomic mass is 127. The zero-order valence-electron chi connectivity index (χ0n) is 16.1. The van der Waals surface area contributed by atoms with Crippen LogP contribution >= 0.6 is 24.0 Å². The maximum Gasteiger partial charge on any atom is 0.269 e. The number of non-ortho nitro benzene ring substituents is 1. The maximum absolute atomic E-state index is 10.9. The molecule has 0 unspecified atom stereocenters. The van der Waals surface area contributed by atoms with Crippen LogP contribution in [0, 0.1) is 10.1 Å². The van der Waals surface area contributed by atoms with E-state index in [1.54, 1.807) is 26.3 Å². The molecule has 8 nitrogen and oxygen atoms in total. The first-order valence-electron chi connectivity index (χ1n) is 8.45. The van der Waals surface area contributed by atoms with Gasteiger partial charge >= 0.3 is 0 Å². The summed E-state index contributed by atoms with van der Waals surface area (Å²) in [4.78, 5) is 16.6. The minimum absolute atomic E-state index is 0. The molecule has 0 aliphatic heterocycles. The second kappa shape index (κ2) is 12.0. The van der Waals surface area contributed by atoms with E-state index in [9.17, 15) is 10.1 Å². The van der Waals surface area contributed by atoms with Crippen molar-refractivity contribution < 1.29 is 14.4 Å². The van der Waals surface area contributed by atoms with E-state index >= 15 is 0 Å². The SMILES string of the molecule is CN=C(NCc1cccc([N+](=O)[O-])c1)N(C)CCOc1ccc(OC)cc1.I. The molecule has 9 heteroatoms. The number of methoxy groups -OCH3 is 1. The van der Waals surface area contributed by atoms with Gasteiger partial charge in [0, 0.05) is 32.8 Å². The number of ether oxygens (including phenoxy) is 2. The monoisotopic (exact) mass is 500 g/mol. The molecule has 0 fully saturated rings. The number of rotatable bonds is 8. The van der Waals surface area contributed by atoms with Crippen LogP contribution in [0.25, 0.3) is 0 Å². The predicted molar refractivity (Wildman–Crippen MR) is 120 cm³/mol. The molecule has 0 heterocycles. The Morgan fingerprint density at radius 3 is 2.50 bits per heavy atom. The number of nitro groups is 1. The molecule has 0 aliphatic carbocycles. The molecule has 0 atom stereocenters. The van der Waals surface area contributed by atoms with Crippen molar-refractivity contribution in [1.29, 1.82) is 0 Å². The summed E-state index contributed by atoms with van der Waals surface area (Å²) in [5.74, 6) is 2.23. The van der Waals surface area contributed by atoms with Crippen LogP contribution < -0.4 is 14.8 Å². The first kappa shape index (κ1) is 23.5. The summed E-state index contributed by atoms with van der Waals surface area (Å²) in [5.41, 5.74) is 0.888. The number of hydrogen-bond acceptors (Lipinski definition) is 5. The highest BCUT2D eigenvalue weighted by Crippen LogP contribution is 2.17. The zero-order valence-corrected chi connectivity index (χ0v) is 18.5. The third-order valence-electron chi connectivity index (χ3n) is 3.90. The Labute approximate surface area is 181 Å². The van der Waals surface area contributed by atoms with Gasteiger partial charge in [-0.3, -0.25) is 15.1 Å². The van der Waals surface area contributed by atoms with Crippen molar-refractivity contribution in [2.45, 2.75) is 6.54 Å². The van der Waals surface area contributed by atoms with E-state index in [0.29, 0.717) is 25.7 Å². The molecule has 28 heavy (non-hydrogen) atoms. The molecule has 2 rings (SSSR count). The fourth-order valence-electron chi connectivity index (χ4n) is 2.42. The minimum Gasteiger partial charge on any atom is -0.497 e. The Kier molecular flexibility index (Phi) is 10.1. The lowest BCUT2D eigenvalue weighted by atomic mass is 10.2. The van der Waals surface area contributed by atoms with Gasteiger partial charge in [0.1, 0.15) is 18.1 Å². The van der Waals surface area contributed by atoms with Gasteiger partial charge in [-0.2, -0.15) is 0 Å². The van der Waals surface area contributed by atoms with Crippen LogP contribution in [0.1, 0.15) is 5.56 Å². The summed E-state index contributed by atoms with van der Waals surface area (Å²) < 4.78 is 10.8. The summed E-state index contributed by atoms with van der Waals surface area (Å²) in [7, 11) is 5.22. The molecular formula is C19H25IN4O4. The van der Waals surface area contributed by atoms with Gasteiger partial charge in [0.05, 0.1) is 18.6 Å². The van der Waals surface area contributed by atoms with E-state index in [1.807, 2.05) is 42.3 Å². The largest absolute Gasteiger partial charge is 0.497 e. The fraction of sp³-hybridized carbons (Fsp3) is 0.316. The van der Waals surface area contributed by atoms with Crippen LogP contribution in [0.15, 0.2) is 53.5 Å². The normalized spacial score (nSPS) is 10.6. The van der Waals surface area contributed by atoms with Gasteiger partial charge in [-0.1, -0.05) is 12.1 Å². The number of aliphatic imine (C=N–C) groups is 1. The van der Waals surface area contributed by atoms with Crippen LogP contribution in [0.5, 0.6) is 11.5 Å². The average molecular weight is 500 g/mol. The van der Waals surface area contributed by atoms with E-state index in [1.165, 1.54) is 6.07 Å². The van der Waals surface area contributed by atoms with Crippen LogP contribution in [0.4, 0.5) is 5.69 Å². The molecule has 0 aliphatic rings. The molecule has 152 valence electrons. The van der Waals surface area contributed by atoms with Gasteiger partial charge in [-0.15, -0.1) is 24.0 Å². The van der Waals surface area contributed by atoms with Crippen LogP contribution in [-0.2, 0) is 6.54 Å². The number of halogens is 1. The lowest BCUT2D eigenvalue weighted by Gasteiger charge is -2.22. The zero-order chi connectivity index (χ0) is 19.6. The highest BCUT2D eigenvalue weighted by molar-refractivity contribution is 14.0. The predicted octanol–water partition coefficient (Wildman–Crippen LogP) is 3.31. The molecule has 0 aromatic heterocycles. The van der Waals surface area contributed by atoms with E-state index < -0.39 is 4.92 Å². The number of nitrogens with one attached hydrogen (secondary N) is 1. The molecule has 0 saturated carbocycles. The number of nitrogens with zero attached hydrogens (tertiary/aromatic N) is 3. The molecule has 2 aromatic rings. The van der Waals surface area contributed by atoms with Crippen LogP contribution in [-0.4, -0.2) is 50.1 Å². The van der Waals surface area contributed by atoms with Gasteiger partial charge in [0.25, 0.3) is 5.69 Å². The summed E-state index contributed by atoms with van der Waals surface area (Å²) in [5, 5.41) is 14.1. The van der Waals surface area contributed by atoms with Crippen molar-refractivity contribution in [2.75, 3.05) is 34.4 Å². The van der Waals surface area contributed by atoms with Crippen molar-refractivity contribution in [3.05, 3.63) is 64.2 Å². The van der Waals surface area contributed by atoms with Crippen LogP contribution in [0.3, 0.4) is 0 Å². The average Bonchev–Trinajstić information content (AvgIpc) is 2.69. The summed E-state index contributed by atoms with van der Waals surface area (Å²) in [6.45, 7) is 1.55. The Bertz CT molecular complexity index is 784. The first-order valence-corrected chi connectivity index (χ1v) is 8.45. The molecule has 0 spiro atoms. The van der Waals surface area contributed by atoms with E-state index in [-0.39, 0.29) is 29.7 Å². The van der Waals surface area contributed by atoms with Gasteiger partial charge in [0.2, 0.25) is 0 Å². The molecule has 1 N–H and O–H groups in total. The van der Waals surface area contributed by atoms with E-state index in [4.69, 9.17) is 9.47 Å². The van der Waals surface area contributed by atoms with E-state index in [0.717, 1.165) is 17.1 Å². The summed E-state index contributed by atoms with van der Waals surface area (Å²) in [6.07, 6.45) is 0. The highest BCUT2D eigenvalue weighted by Gasteiger charge is 2.09. The van der Waals surface area contributed by atoms with Crippen molar-refractivity contribution in [1.82, 2.24) is 10.2 Å². The summed E-state index contributed by atoms with van der Waals surface area (Å²) >= 11 is 0. The quantitative estimate of drug-likeness (QED) is 0.197. The van der Waals surface area contributed by atoms with E-state index in [2.05, 4.69) is 10.3 Å². The Morgan fingerprint density at radius 2 is 1.89 bits per heavy atom. The lowest BCUT2D eigenvalue weighted by Crippen LogP contribution is -2.40. The van der Waals surface area contributed by atoms with Crippen molar-refractivity contribution in [3.8, 4) is 11.5 Å². The van der Waals surface area contributed by atoms with Gasteiger partial charge in [0.15, 0.2) is 5.96 Å². The Morgan fingerprint density at radius 1 is 1.21 bits per heavy atom. The molecule has 0 saturated heterocycles. The fourth-order valence-corrected chi connectivity index (χ4v) is 2.42. The van der Waals surface area contributed by atoms with Crippen molar-refractivity contribution in [2.24, 2.45) is 4.99 Å². The molecule has 0 radical (unpaired) electrons. The Balaban J connectivity index is 0.00000392. The molecular weight excluding hydrogens is 475 g/mol. The standard InChI is InChI=1S/C19H24N4O4.HI/c1-20-19(21-14-15-5-4-6-16(13-15)23(24)25)22(2)11-12-27-18-9-7-17(26-3)8-10-18;/h4-10,13H,11-12,14H2,1-3H3,(H,20,21);1H. The maximum atomic E-state index is 10.9. The lowest BCUT2D eigenvalue weighted by molar-refractivity contribution is -0.384. The molecule has 2 aromatic carbocycles. The Hall–Kier alpha value is -2.56. The van der Waals surface area contributed by atoms with Crippen molar-refractivity contribution in [3.63, 3.8) is 0 Å². The third kappa shape index (κ3) is 7.22. The first-order chi connectivity index (χ1) is 13.0. The summed E-state index contributed by atoms with van der Waals surface area (Å²) in [6, 6.07) is 13.9. The van der Waals surface area contributed by atoms with Gasteiger partial charge in [-0.05, 0) is 29.8 Å². The third-order valence-corrected chi connectivity index (χ3v) is 3.90. The topological polar surface area (TPSA) is 89.2 Å². The number of hydrogen-bond donors (Lipinski definition) is 1. The van der Waals surface area contributed by atoms with Crippen molar-refractivity contribution >= 4 is 35.6 Å². The smallest absolute Gasteiger partial charge is 0.269 e. The number of nitro benzene ring substituents is 1. The molecule has 0 bridgehead atoms. The molecule has 0 amide bonds. The number of guanidine groups is 1. The second-order valence-electron chi connectivity index (χ2n) is 5.77. The van der Waals surface area contributed by atoms with Gasteiger partial charge in [-0.25, -0.2) is 0 Å². The minimum atomic E-state index is -0.402. The van der Waals surface area contributed by atoms with Crippen LogP contribution in [0.2, 0.25) is 0 Å².